The third-order valence-corrected chi connectivity index (χ3v) is 3.70. The largest absolute Gasteiger partial charge is 0.493 e. The Morgan fingerprint density at radius 2 is 1.71 bits per heavy atom. The van der Waals surface area contributed by atoms with Gasteiger partial charge in [-0.2, -0.15) is 0 Å². The van der Waals surface area contributed by atoms with Crippen molar-refractivity contribution in [1.29, 1.82) is 0 Å². The molecule has 0 heterocycles. The number of rotatable bonds is 11. The van der Waals surface area contributed by atoms with Gasteiger partial charge in [0.25, 0.3) is 0 Å². The predicted octanol–water partition coefficient (Wildman–Crippen LogP) is 5.34. The molecule has 1 atom stereocenters. The Kier molecular flexibility index (Phi) is 9.16. The van der Waals surface area contributed by atoms with E-state index in [9.17, 15) is 0 Å². The first kappa shape index (κ1) is 18.0. The zero-order valence-electron chi connectivity index (χ0n) is 14.3. The highest BCUT2D eigenvalue weighted by Crippen LogP contribution is 2.20. The van der Waals surface area contributed by atoms with Gasteiger partial charge in [-0.15, -0.1) is 0 Å². The lowest BCUT2D eigenvalue weighted by atomic mass is 10.0. The first-order valence-electron chi connectivity index (χ1n) is 8.63. The Bertz CT molecular complexity index is 358. The monoisotopic (exact) mass is 291 g/mol. The van der Waals surface area contributed by atoms with E-state index in [4.69, 9.17) is 4.74 Å². The van der Waals surface area contributed by atoms with Crippen LogP contribution in [0.15, 0.2) is 24.3 Å². The molecule has 0 aliphatic rings. The van der Waals surface area contributed by atoms with E-state index in [1.807, 2.05) is 0 Å². The molecule has 1 unspecified atom stereocenters. The van der Waals surface area contributed by atoms with Gasteiger partial charge in [-0.05, 0) is 43.0 Å². The van der Waals surface area contributed by atoms with Gasteiger partial charge in [-0.1, -0.05) is 59.1 Å². The van der Waals surface area contributed by atoms with Gasteiger partial charge >= 0.3 is 0 Å². The van der Waals surface area contributed by atoms with Crippen molar-refractivity contribution < 1.29 is 4.74 Å². The Morgan fingerprint density at radius 1 is 1.00 bits per heavy atom. The number of benzene rings is 1. The van der Waals surface area contributed by atoms with Crippen LogP contribution < -0.4 is 10.1 Å². The summed E-state index contributed by atoms with van der Waals surface area (Å²) in [6.07, 6.45) is 6.39. The van der Waals surface area contributed by atoms with Crippen LogP contribution in [0.4, 0.5) is 0 Å². The second-order valence-electron chi connectivity index (χ2n) is 6.25. The quantitative estimate of drug-likeness (QED) is 0.555. The minimum atomic E-state index is 0.464. The van der Waals surface area contributed by atoms with Crippen LogP contribution >= 0.6 is 0 Å². The minimum absolute atomic E-state index is 0.464. The van der Waals surface area contributed by atoms with Crippen molar-refractivity contribution >= 4 is 0 Å². The van der Waals surface area contributed by atoms with Gasteiger partial charge in [-0.3, -0.25) is 0 Å². The minimum Gasteiger partial charge on any atom is -0.493 e. The summed E-state index contributed by atoms with van der Waals surface area (Å²) in [5.74, 6) is 1.54. The summed E-state index contributed by atoms with van der Waals surface area (Å²) in [4.78, 5) is 0. The first-order chi connectivity index (χ1) is 10.2. The maximum absolute atomic E-state index is 5.74. The standard InChI is InChI=1S/C19H33NO/c1-5-7-8-9-14-20-19(6-2)17-10-12-18(13-11-17)21-15-16(3)4/h10-13,16,19-20H,5-9,14-15H2,1-4H3. The molecule has 0 radical (unpaired) electrons. The van der Waals surface area contributed by atoms with Crippen molar-refractivity contribution in [3.05, 3.63) is 29.8 Å². The van der Waals surface area contributed by atoms with Crippen LogP contribution in [0.1, 0.15) is 71.4 Å². The topological polar surface area (TPSA) is 21.3 Å². The molecule has 21 heavy (non-hydrogen) atoms. The third kappa shape index (κ3) is 7.52. The molecule has 0 spiro atoms. The van der Waals surface area contributed by atoms with Gasteiger partial charge in [0.15, 0.2) is 0 Å². The Hall–Kier alpha value is -1.02. The number of hydrogen-bond acceptors (Lipinski definition) is 2. The predicted molar refractivity (Wildman–Crippen MR) is 92.0 cm³/mol. The molecular formula is C19H33NO. The maximum Gasteiger partial charge on any atom is 0.119 e. The van der Waals surface area contributed by atoms with Crippen LogP contribution in [0, 0.1) is 5.92 Å². The van der Waals surface area contributed by atoms with E-state index in [1.54, 1.807) is 0 Å². The fourth-order valence-electron chi connectivity index (χ4n) is 2.39. The molecule has 2 heteroatoms. The van der Waals surface area contributed by atoms with E-state index in [0.29, 0.717) is 12.0 Å². The van der Waals surface area contributed by atoms with Crippen LogP contribution in [-0.2, 0) is 0 Å². The second kappa shape index (κ2) is 10.7. The molecule has 1 aromatic carbocycles. The average Bonchev–Trinajstić information content (AvgIpc) is 2.49. The van der Waals surface area contributed by atoms with Gasteiger partial charge in [0.1, 0.15) is 5.75 Å². The molecular weight excluding hydrogens is 258 g/mol. The molecule has 0 saturated heterocycles. The molecule has 120 valence electrons. The summed E-state index contributed by atoms with van der Waals surface area (Å²) in [7, 11) is 0. The van der Waals surface area contributed by atoms with Crippen molar-refractivity contribution in [2.45, 2.75) is 65.8 Å². The molecule has 1 rings (SSSR count). The normalized spacial score (nSPS) is 12.6. The third-order valence-electron chi connectivity index (χ3n) is 3.70. The molecule has 1 N–H and O–H groups in total. The Balaban J connectivity index is 2.41. The van der Waals surface area contributed by atoms with Gasteiger partial charge < -0.3 is 10.1 Å². The first-order valence-corrected chi connectivity index (χ1v) is 8.63. The molecule has 0 amide bonds. The summed E-state index contributed by atoms with van der Waals surface area (Å²) < 4.78 is 5.74. The smallest absolute Gasteiger partial charge is 0.119 e. The number of unbranched alkanes of at least 4 members (excludes halogenated alkanes) is 3. The van der Waals surface area contributed by atoms with Crippen molar-refractivity contribution in [2.75, 3.05) is 13.2 Å². The van der Waals surface area contributed by atoms with Gasteiger partial charge in [-0.25, -0.2) is 0 Å². The number of hydrogen-bond donors (Lipinski definition) is 1. The molecule has 0 bridgehead atoms. The van der Waals surface area contributed by atoms with E-state index < -0.39 is 0 Å². The van der Waals surface area contributed by atoms with Crippen molar-refractivity contribution in [3.63, 3.8) is 0 Å². The fourth-order valence-corrected chi connectivity index (χ4v) is 2.39. The van der Waals surface area contributed by atoms with Crippen molar-refractivity contribution in [1.82, 2.24) is 5.32 Å². The summed E-state index contributed by atoms with van der Waals surface area (Å²) in [5.41, 5.74) is 1.37. The summed E-state index contributed by atoms with van der Waals surface area (Å²) in [6, 6.07) is 9.05. The lowest BCUT2D eigenvalue weighted by Gasteiger charge is -2.18. The van der Waals surface area contributed by atoms with Crippen LogP contribution in [0.3, 0.4) is 0 Å². The SMILES string of the molecule is CCCCCCNC(CC)c1ccc(OCC(C)C)cc1. The number of ether oxygens (including phenoxy) is 1. The fraction of sp³-hybridized carbons (Fsp3) is 0.684. The lowest BCUT2D eigenvalue weighted by Crippen LogP contribution is -2.21. The maximum atomic E-state index is 5.74. The van der Waals surface area contributed by atoms with E-state index in [0.717, 1.165) is 25.3 Å². The summed E-state index contributed by atoms with van der Waals surface area (Å²) in [5, 5.41) is 3.67. The highest BCUT2D eigenvalue weighted by Gasteiger charge is 2.08. The zero-order chi connectivity index (χ0) is 15.5. The van der Waals surface area contributed by atoms with E-state index in [1.165, 1.54) is 31.2 Å². The molecule has 0 saturated carbocycles. The zero-order valence-corrected chi connectivity index (χ0v) is 14.3. The average molecular weight is 291 g/mol. The van der Waals surface area contributed by atoms with E-state index in [-0.39, 0.29) is 0 Å². The lowest BCUT2D eigenvalue weighted by molar-refractivity contribution is 0.271. The van der Waals surface area contributed by atoms with Crippen LogP contribution in [-0.4, -0.2) is 13.2 Å². The number of nitrogens with one attached hydrogen (secondary N) is 1. The van der Waals surface area contributed by atoms with Crippen molar-refractivity contribution in [2.24, 2.45) is 5.92 Å². The van der Waals surface area contributed by atoms with E-state index >= 15 is 0 Å². The van der Waals surface area contributed by atoms with Gasteiger partial charge in [0.05, 0.1) is 6.61 Å². The molecule has 1 aromatic rings. The summed E-state index contributed by atoms with van der Waals surface area (Å²) >= 11 is 0. The Morgan fingerprint density at radius 3 is 2.29 bits per heavy atom. The second-order valence-corrected chi connectivity index (χ2v) is 6.25. The van der Waals surface area contributed by atoms with Gasteiger partial charge in [0, 0.05) is 6.04 Å². The highest BCUT2D eigenvalue weighted by atomic mass is 16.5. The molecule has 2 nitrogen and oxygen atoms in total. The molecule has 0 aliphatic heterocycles. The highest BCUT2D eigenvalue weighted by molar-refractivity contribution is 5.29. The molecule has 0 aliphatic carbocycles. The van der Waals surface area contributed by atoms with Crippen LogP contribution in [0.5, 0.6) is 5.75 Å². The Labute approximate surface area is 131 Å². The van der Waals surface area contributed by atoms with Crippen molar-refractivity contribution in [3.8, 4) is 5.75 Å². The van der Waals surface area contributed by atoms with Crippen LogP contribution in [0.25, 0.3) is 0 Å². The van der Waals surface area contributed by atoms with Crippen LogP contribution in [0.2, 0.25) is 0 Å². The summed E-state index contributed by atoms with van der Waals surface area (Å²) in [6.45, 7) is 10.7. The molecule has 0 fully saturated rings. The van der Waals surface area contributed by atoms with Gasteiger partial charge in [0.2, 0.25) is 0 Å². The molecule has 0 aromatic heterocycles. The van der Waals surface area contributed by atoms with E-state index in [2.05, 4.69) is 57.3 Å².